The van der Waals surface area contributed by atoms with Gasteiger partial charge in [-0.05, 0) is 50.6 Å². The van der Waals surface area contributed by atoms with Crippen LogP contribution in [0.4, 0.5) is 0 Å². The third kappa shape index (κ3) is 4.63. The Morgan fingerprint density at radius 2 is 2.15 bits per heavy atom. The minimum absolute atomic E-state index is 0.335. The molecule has 2 nitrogen and oxygen atoms in total. The second kappa shape index (κ2) is 6.39. The van der Waals surface area contributed by atoms with Gasteiger partial charge in [-0.1, -0.05) is 13.3 Å². The first-order valence-corrected chi connectivity index (χ1v) is 5.64. The van der Waals surface area contributed by atoms with Gasteiger partial charge in [0, 0.05) is 6.61 Å². The van der Waals surface area contributed by atoms with Gasteiger partial charge in [0.15, 0.2) is 0 Å². The standard InChI is InChI=1S/C11H23NO/c1-10-4-5-11(8-10)9-12-6-2-3-7-13/h10-13H,2-9H2,1H3. The number of aliphatic hydroxyl groups excluding tert-OH is 1. The summed E-state index contributed by atoms with van der Waals surface area (Å²) < 4.78 is 0. The van der Waals surface area contributed by atoms with Crippen LogP contribution >= 0.6 is 0 Å². The molecule has 0 amide bonds. The van der Waals surface area contributed by atoms with Gasteiger partial charge >= 0.3 is 0 Å². The van der Waals surface area contributed by atoms with Crippen molar-refractivity contribution in [2.75, 3.05) is 19.7 Å². The molecule has 1 aliphatic carbocycles. The van der Waals surface area contributed by atoms with E-state index in [-0.39, 0.29) is 0 Å². The van der Waals surface area contributed by atoms with Crippen molar-refractivity contribution in [2.45, 2.75) is 39.0 Å². The fourth-order valence-corrected chi connectivity index (χ4v) is 2.18. The molecule has 1 fully saturated rings. The lowest BCUT2D eigenvalue weighted by Crippen LogP contribution is -2.22. The molecular weight excluding hydrogens is 162 g/mol. The zero-order valence-electron chi connectivity index (χ0n) is 8.76. The Bertz CT molecular complexity index is 127. The predicted molar refractivity (Wildman–Crippen MR) is 55.7 cm³/mol. The van der Waals surface area contributed by atoms with Crippen LogP contribution in [-0.2, 0) is 0 Å². The van der Waals surface area contributed by atoms with Crippen LogP contribution in [0.3, 0.4) is 0 Å². The van der Waals surface area contributed by atoms with Gasteiger partial charge in [0.25, 0.3) is 0 Å². The van der Waals surface area contributed by atoms with E-state index in [1.807, 2.05) is 0 Å². The zero-order valence-corrected chi connectivity index (χ0v) is 8.76. The summed E-state index contributed by atoms with van der Waals surface area (Å²) in [5, 5.41) is 12.1. The van der Waals surface area contributed by atoms with Crippen LogP contribution in [0, 0.1) is 11.8 Å². The molecule has 0 aromatic heterocycles. The molecule has 0 radical (unpaired) electrons. The Hall–Kier alpha value is -0.0800. The number of rotatable bonds is 6. The first kappa shape index (κ1) is 11.0. The maximum absolute atomic E-state index is 8.58. The lowest BCUT2D eigenvalue weighted by atomic mass is 10.1. The summed E-state index contributed by atoms with van der Waals surface area (Å²) in [5.74, 6) is 1.87. The Morgan fingerprint density at radius 3 is 2.77 bits per heavy atom. The van der Waals surface area contributed by atoms with Crippen LogP contribution in [0.5, 0.6) is 0 Å². The van der Waals surface area contributed by atoms with Gasteiger partial charge in [0.1, 0.15) is 0 Å². The zero-order chi connectivity index (χ0) is 9.52. The third-order valence-corrected chi connectivity index (χ3v) is 3.00. The Kier molecular flexibility index (Phi) is 5.40. The van der Waals surface area contributed by atoms with Crippen molar-refractivity contribution in [1.82, 2.24) is 5.32 Å². The van der Waals surface area contributed by atoms with Gasteiger partial charge in [-0.3, -0.25) is 0 Å². The van der Waals surface area contributed by atoms with Crippen LogP contribution in [0.2, 0.25) is 0 Å². The molecule has 13 heavy (non-hydrogen) atoms. The molecule has 0 saturated heterocycles. The van der Waals surface area contributed by atoms with Gasteiger partial charge < -0.3 is 10.4 Å². The highest BCUT2D eigenvalue weighted by Crippen LogP contribution is 2.29. The van der Waals surface area contributed by atoms with Crippen LogP contribution < -0.4 is 5.32 Å². The smallest absolute Gasteiger partial charge is 0.0431 e. The first-order chi connectivity index (χ1) is 6.33. The Balaban J connectivity index is 1.88. The van der Waals surface area contributed by atoms with Crippen molar-refractivity contribution in [1.29, 1.82) is 0 Å². The molecule has 0 aliphatic heterocycles. The number of nitrogens with one attached hydrogen (secondary N) is 1. The van der Waals surface area contributed by atoms with Gasteiger partial charge in [-0.15, -0.1) is 0 Å². The van der Waals surface area contributed by atoms with E-state index in [1.165, 1.54) is 25.8 Å². The van der Waals surface area contributed by atoms with Crippen LogP contribution in [0.1, 0.15) is 39.0 Å². The van der Waals surface area contributed by atoms with E-state index >= 15 is 0 Å². The van der Waals surface area contributed by atoms with Gasteiger partial charge in [-0.25, -0.2) is 0 Å². The Morgan fingerprint density at radius 1 is 1.31 bits per heavy atom. The Labute approximate surface area is 81.7 Å². The van der Waals surface area contributed by atoms with Gasteiger partial charge in [-0.2, -0.15) is 0 Å². The van der Waals surface area contributed by atoms with E-state index in [2.05, 4.69) is 12.2 Å². The van der Waals surface area contributed by atoms with Crippen molar-refractivity contribution in [3.63, 3.8) is 0 Å². The van der Waals surface area contributed by atoms with Crippen molar-refractivity contribution >= 4 is 0 Å². The van der Waals surface area contributed by atoms with Crippen LogP contribution in [0.15, 0.2) is 0 Å². The van der Waals surface area contributed by atoms with E-state index in [1.54, 1.807) is 0 Å². The molecule has 0 heterocycles. The molecule has 1 aliphatic rings. The topological polar surface area (TPSA) is 32.3 Å². The van der Waals surface area contributed by atoms with Crippen LogP contribution in [0.25, 0.3) is 0 Å². The predicted octanol–water partition coefficient (Wildman–Crippen LogP) is 1.78. The van der Waals surface area contributed by atoms with E-state index in [9.17, 15) is 0 Å². The molecule has 2 atom stereocenters. The minimum Gasteiger partial charge on any atom is -0.396 e. The number of hydrogen-bond donors (Lipinski definition) is 2. The largest absolute Gasteiger partial charge is 0.396 e. The maximum Gasteiger partial charge on any atom is 0.0431 e. The summed E-state index contributed by atoms with van der Waals surface area (Å²) in [5.41, 5.74) is 0. The van der Waals surface area contributed by atoms with Gasteiger partial charge in [0.2, 0.25) is 0 Å². The molecule has 0 bridgehead atoms. The normalized spacial score (nSPS) is 28.2. The molecule has 0 spiro atoms. The number of unbranched alkanes of at least 4 members (excludes halogenated alkanes) is 1. The first-order valence-electron chi connectivity index (χ1n) is 5.64. The maximum atomic E-state index is 8.58. The quantitative estimate of drug-likeness (QED) is 0.618. The molecule has 0 aromatic carbocycles. The molecular formula is C11H23NO. The average Bonchev–Trinajstić information content (AvgIpc) is 2.51. The SMILES string of the molecule is CC1CCC(CNCCCCO)C1. The summed E-state index contributed by atoms with van der Waals surface area (Å²) in [7, 11) is 0. The summed E-state index contributed by atoms with van der Waals surface area (Å²) in [4.78, 5) is 0. The fourth-order valence-electron chi connectivity index (χ4n) is 2.18. The monoisotopic (exact) mass is 185 g/mol. The molecule has 78 valence electrons. The molecule has 2 heteroatoms. The molecule has 2 N–H and O–H groups in total. The highest BCUT2D eigenvalue weighted by atomic mass is 16.2. The van der Waals surface area contributed by atoms with E-state index < -0.39 is 0 Å². The minimum atomic E-state index is 0.335. The van der Waals surface area contributed by atoms with E-state index in [4.69, 9.17) is 5.11 Å². The number of hydrogen-bond acceptors (Lipinski definition) is 2. The lowest BCUT2D eigenvalue weighted by molar-refractivity contribution is 0.283. The van der Waals surface area contributed by atoms with Crippen molar-refractivity contribution in [2.24, 2.45) is 11.8 Å². The molecule has 2 unspecified atom stereocenters. The summed E-state index contributed by atoms with van der Waals surface area (Å²) >= 11 is 0. The van der Waals surface area contributed by atoms with Crippen LogP contribution in [-0.4, -0.2) is 24.8 Å². The molecule has 0 aromatic rings. The summed E-state index contributed by atoms with van der Waals surface area (Å²) in [6.07, 6.45) is 6.29. The highest BCUT2D eigenvalue weighted by molar-refractivity contribution is 4.74. The summed E-state index contributed by atoms with van der Waals surface area (Å²) in [6.45, 7) is 4.95. The highest BCUT2D eigenvalue weighted by Gasteiger charge is 2.20. The van der Waals surface area contributed by atoms with E-state index in [0.717, 1.165) is 31.2 Å². The number of aliphatic hydroxyl groups is 1. The van der Waals surface area contributed by atoms with E-state index in [0.29, 0.717) is 6.61 Å². The lowest BCUT2D eigenvalue weighted by Gasteiger charge is -2.10. The molecule has 1 rings (SSSR count). The van der Waals surface area contributed by atoms with Crippen molar-refractivity contribution < 1.29 is 5.11 Å². The third-order valence-electron chi connectivity index (χ3n) is 3.00. The second-order valence-corrected chi connectivity index (χ2v) is 4.42. The average molecular weight is 185 g/mol. The summed E-state index contributed by atoms with van der Waals surface area (Å²) in [6, 6.07) is 0. The van der Waals surface area contributed by atoms with Gasteiger partial charge in [0.05, 0.1) is 0 Å². The fraction of sp³-hybridized carbons (Fsp3) is 1.00. The second-order valence-electron chi connectivity index (χ2n) is 4.42. The van der Waals surface area contributed by atoms with Crippen molar-refractivity contribution in [3.8, 4) is 0 Å². The van der Waals surface area contributed by atoms with Crippen molar-refractivity contribution in [3.05, 3.63) is 0 Å². The molecule has 1 saturated carbocycles.